The smallest absolute Gasteiger partial charge is 0.0940 e. The van der Waals surface area contributed by atoms with Crippen molar-refractivity contribution in [1.82, 2.24) is 4.90 Å². The molecule has 1 spiro atoms. The molecule has 0 amide bonds. The molecule has 2 fully saturated rings. The summed E-state index contributed by atoms with van der Waals surface area (Å²) < 4.78 is 36.5. The lowest BCUT2D eigenvalue weighted by Crippen LogP contribution is -2.37. The maximum Gasteiger partial charge on any atom is 0.0940 e. The molecule has 0 aliphatic carbocycles. The van der Waals surface area contributed by atoms with Crippen molar-refractivity contribution in [3.63, 3.8) is 0 Å². The highest BCUT2D eigenvalue weighted by Crippen LogP contribution is 2.37. The summed E-state index contributed by atoms with van der Waals surface area (Å²) in [6.07, 6.45) is -1.25. The SMILES string of the molecule is [2H]C1([2H])CN(Cc2ccccc2)CCC12OC2([2H])[2H]. The van der Waals surface area contributed by atoms with Crippen LogP contribution in [-0.2, 0) is 11.3 Å². The molecule has 2 heterocycles. The van der Waals surface area contributed by atoms with Crippen molar-refractivity contribution in [3.8, 4) is 0 Å². The Morgan fingerprint density at radius 3 is 2.80 bits per heavy atom. The quantitative estimate of drug-likeness (QED) is 0.690. The largest absolute Gasteiger partial charge is 0.369 e. The zero-order valence-corrected chi connectivity index (χ0v) is 8.57. The van der Waals surface area contributed by atoms with Crippen molar-refractivity contribution in [2.24, 2.45) is 0 Å². The number of ether oxygens (including phenoxy) is 1. The van der Waals surface area contributed by atoms with Crippen LogP contribution < -0.4 is 0 Å². The highest BCUT2D eigenvalue weighted by Gasteiger charge is 2.46. The van der Waals surface area contributed by atoms with Gasteiger partial charge in [-0.3, -0.25) is 4.90 Å². The number of hydrogen-bond acceptors (Lipinski definition) is 2. The molecular formula is C13H17NO. The Labute approximate surface area is 96.5 Å². The average molecular weight is 207 g/mol. The molecule has 1 atom stereocenters. The van der Waals surface area contributed by atoms with Gasteiger partial charge in [-0.25, -0.2) is 0 Å². The minimum absolute atomic E-state index is 0.210. The van der Waals surface area contributed by atoms with E-state index in [1.807, 2.05) is 35.2 Å². The minimum Gasteiger partial charge on any atom is -0.369 e. The second kappa shape index (κ2) is 3.62. The van der Waals surface area contributed by atoms with Crippen molar-refractivity contribution in [2.45, 2.75) is 24.9 Å². The number of likely N-dealkylation sites (tertiary alicyclic amines) is 1. The first-order valence-corrected chi connectivity index (χ1v) is 5.33. The number of benzene rings is 1. The van der Waals surface area contributed by atoms with Crippen LogP contribution in [0.1, 0.15) is 23.8 Å². The fourth-order valence-corrected chi connectivity index (χ4v) is 1.93. The molecule has 0 N–H and O–H groups in total. The number of hydrogen-bond donors (Lipinski definition) is 0. The third kappa shape index (κ3) is 2.06. The van der Waals surface area contributed by atoms with Gasteiger partial charge in [-0.1, -0.05) is 30.3 Å². The highest BCUT2D eigenvalue weighted by molar-refractivity contribution is 5.14. The van der Waals surface area contributed by atoms with Crippen molar-refractivity contribution in [3.05, 3.63) is 35.9 Å². The number of nitrogens with zero attached hydrogens (tertiary/aromatic N) is 1. The predicted octanol–water partition coefficient (Wildman–Crippen LogP) is 2.05. The fourth-order valence-electron chi connectivity index (χ4n) is 1.93. The van der Waals surface area contributed by atoms with E-state index < -0.39 is 18.5 Å². The number of rotatable bonds is 2. The van der Waals surface area contributed by atoms with E-state index in [-0.39, 0.29) is 6.54 Å². The van der Waals surface area contributed by atoms with Crippen LogP contribution in [0, 0.1) is 0 Å². The summed E-state index contributed by atoms with van der Waals surface area (Å²) >= 11 is 0. The van der Waals surface area contributed by atoms with Gasteiger partial charge < -0.3 is 4.74 Å². The standard InChI is InChI=1S/C13H17NO/c1-2-4-12(5-3-1)10-14-8-6-13(7-9-14)11-15-13/h1-5H,6-11H2/i6D2,11D2. The Morgan fingerprint density at radius 1 is 1.33 bits per heavy atom. The molecule has 0 saturated carbocycles. The molecule has 0 aromatic heterocycles. The van der Waals surface area contributed by atoms with Crippen LogP contribution in [0.15, 0.2) is 30.3 Å². The average Bonchev–Trinajstić information content (AvgIpc) is 2.90. The molecule has 2 heteroatoms. The van der Waals surface area contributed by atoms with Gasteiger partial charge in [0.1, 0.15) is 0 Å². The Bertz CT molecular complexity index is 479. The molecule has 0 bridgehead atoms. The molecular weight excluding hydrogens is 186 g/mol. The van der Waals surface area contributed by atoms with Gasteiger partial charge >= 0.3 is 0 Å². The molecule has 1 aromatic rings. The zero-order chi connectivity index (χ0) is 13.7. The van der Waals surface area contributed by atoms with Crippen LogP contribution in [0.2, 0.25) is 0 Å². The third-order valence-corrected chi connectivity index (χ3v) is 2.97. The van der Waals surface area contributed by atoms with Gasteiger partial charge in [-0.05, 0) is 18.4 Å². The molecule has 3 rings (SSSR count). The third-order valence-electron chi connectivity index (χ3n) is 2.97. The summed E-state index contributed by atoms with van der Waals surface area (Å²) in [7, 11) is 0. The summed E-state index contributed by atoms with van der Waals surface area (Å²) in [5.41, 5.74) is -0.0818. The van der Waals surface area contributed by atoms with Crippen LogP contribution in [0.25, 0.3) is 0 Å². The second-order valence-corrected chi connectivity index (χ2v) is 4.15. The topological polar surface area (TPSA) is 15.8 Å². The van der Waals surface area contributed by atoms with Gasteiger partial charge in [0.15, 0.2) is 0 Å². The monoisotopic (exact) mass is 207 g/mol. The van der Waals surface area contributed by atoms with Crippen molar-refractivity contribution >= 4 is 0 Å². The van der Waals surface area contributed by atoms with E-state index in [4.69, 9.17) is 10.2 Å². The molecule has 2 nitrogen and oxygen atoms in total. The molecule has 2 aliphatic rings. The van der Waals surface area contributed by atoms with E-state index in [1.54, 1.807) is 0 Å². The Hall–Kier alpha value is -0.860. The van der Waals surface area contributed by atoms with Gasteiger partial charge in [0.2, 0.25) is 0 Å². The van der Waals surface area contributed by atoms with E-state index in [1.165, 1.54) is 0 Å². The fraction of sp³-hybridized carbons (Fsp3) is 0.538. The lowest BCUT2D eigenvalue weighted by molar-refractivity contribution is 0.141. The summed E-state index contributed by atoms with van der Waals surface area (Å²) in [4.78, 5) is 2.03. The Morgan fingerprint density at radius 2 is 2.13 bits per heavy atom. The Balaban J connectivity index is 1.70. The lowest BCUT2D eigenvalue weighted by Gasteiger charge is -2.30. The minimum atomic E-state index is -1.81. The van der Waals surface area contributed by atoms with Gasteiger partial charge in [-0.15, -0.1) is 0 Å². The first-order valence-electron chi connectivity index (χ1n) is 7.33. The van der Waals surface area contributed by atoms with E-state index >= 15 is 0 Å². The van der Waals surface area contributed by atoms with Gasteiger partial charge in [0, 0.05) is 22.4 Å². The van der Waals surface area contributed by atoms with Crippen LogP contribution in [0.3, 0.4) is 0 Å². The highest BCUT2D eigenvalue weighted by atomic mass is 16.6. The molecule has 1 aromatic carbocycles. The summed E-state index contributed by atoms with van der Waals surface area (Å²) in [5.74, 6) is 0. The molecule has 2 aliphatic heterocycles. The van der Waals surface area contributed by atoms with E-state index in [0.717, 1.165) is 5.56 Å². The normalized spacial score (nSPS) is 41.3. The van der Waals surface area contributed by atoms with E-state index in [9.17, 15) is 0 Å². The molecule has 2 saturated heterocycles. The number of epoxide rings is 1. The molecule has 0 radical (unpaired) electrons. The van der Waals surface area contributed by atoms with Crippen LogP contribution in [0.4, 0.5) is 0 Å². The summed E-state index contributed by atoms with van der Waals surface area (Å²) in [6, 6.07) is 9.94. The van der Waals surface area contributed by atoms with E-state index in [2.05, 4.69) is 0 Å². The first-order chi connectivity index (χ1) is 8.86. The van der Waals surface area contributed by atoms with E-state index in [0.29, 0.717) is 19.5 Å². The van der Waals surface area contributed by atoms with Crippen molar-refractivity contribution in [1.29, 1.82) is 0 Å². The van der Waals surface area contributed by atoms with Gasteiger partial charge in [-0.2, -0.15) is 0 Å². The molecule has 80 valence electrons. The van der Waals surface area contributed by atoms with Crippen LogP contribution in [-0.4, -0.2) is 30.1 Å². The first kappa shape index (κ1) is 6.02. The van der Waals surface area contributed by atoms with Crippen LogP contribution >= 0.6 is 0 Å². The zero-order valence-electron chi connectivity index (χ0n) is 12.6. The summed E-state index contributed by atoms with van der Waals surface area (Å²) in [5, 5.41) is 0. The van der Waals surface area contributed by atoms with Crippen molar-refractivity contribution < 1.29 is 10.2 Å². The predicted molar refractivity (Wildman–Crippen MR) is 59.6 cm³/mol. The second-order valence-electron chi connectivity index (χ2n) is 4.15. The number of piperidine rings is 1. The van der Waals surface area contributed by atoms with Crippen molar-refractivity contribution in [2.75, 3.05) is 19.6 Å². The Kier molecular flexibility index (Phi) is 1.45. The summed E-state index contributed by atoms with van der Waals surface area (Å²) in [6.45, 7) is -0.246. The lowest BCUT2D eigenvalue weighted by atomic mass is 9.97. The molecule has 1 unspecified atom stereocenters. The van der Waals surface area contributed by atoms with Gasteiger partial charge in [0.25, 0.3) is 0 Å². The maximum atomic E-state index is 8.10. The molecule has 15 heavy (non-hydrogen) atoms. The van der Waals surface area contributed by atoms with Crippen LogP contribution in [0.5, 0.6) is 0 Å². The van der Waals surface area contributed by atoms with Gasteiger partial charge in [0.05, 0.1) is 14.9 Å². The maximum absolute atomic E-state index is 8.10.